The van der Waals surface area contributed by atoms with Gasteiger partial charge in [0.2, 0.25) is 0 Å². The van der Waals surface area contributed by atoms with Crippen molar-refractivity contribution in [3.8, 4) is 0 Å². The highest BCUT2D eigenvalue weighted by Gasteiger charge is 2.17. The number of morpholine rings is 1. The predicted molar refractivity (Wildman–Crippen MR) is 114 cm³/mol. The lowest BCUT2D eigenvalue weighted by Crippen LogP contribution is -2.36. The van der Waals surface area contributed by atoms with E-state index in [-0.39, 0.29) is 11.8 Å². The molecule has 7 heteroatoms. The first kappa shape index (κ1) is 20.8. The Balaban J connectivity index is 1.68. The van der Waals surface area contributed by atoms with Gasteiger partial charge in [-0.15, -0.1) is 0 Å². The molecule has 1 aromatic heterocycles. The van der Waals surface area contributed by atoms with Crippen LogP contribution in [0.5, 0.6) is 0 Å². The molecule has 2 heterocycles. The summed E-state index contributed by atoms with van der Waals surface area (Å²) in [6, 6.07) is 9.28. The molecule has 29 heavy (non-hydrogen) atoms. The van der Waals surface area contributed by atoms with Gasteiger partial charge in [-0.05, 0) is 24.6 Å². The summed E-state index contributed by atoms with van der Waals surface area (Å²) >= 11 is 0. The summed E-state index contributed by atoms with van der Waals surface area (Å²) in [7, 11) is 0. The van der Waals surface area contributed by atoms with Crippen molar-refractivity contribution in [3.63, 3.8) is 0 Å². The van der Waals surface area contributed by atoms with Crippen molar-refractivity contribution in [2.24, 2.45) is 0 Å². The third-order valence-electron chi connectivity index (χ3n) is 4.83. The van der Waals surface area contributed by atoms with Gasteiger partial charge in [0.25, 0.3) is 11.8 Å². The normalized spacial score (nSPS) is 13.8. The standard InChI is InChI=1S/C22H28N4O3/c1-2-3-6-9-24-21(27)17-14-18(16-23-15-17)22(28)25-19-7-4-5-8-20(19)26-10-12-29-13-11-26/h4-5,7-8,14-16H,2-3,6,9-13H2,1H3,(H,24,27)(H,25,28). The predicted octanol–water partition coefficient (Wildman–Crippen LogP) is 3.09. The topological polar surface area (TPSA) is 83.6 Å². The molecule has 0 unspecified atom stereocenters. The van der Waals surface area contributed by atoms with Crippen LogP contribution in [-0.2, 0) is 4.74 Å². The first-order chi connectivity index (χ1) is 14.2. The Kier molecular flexibility index (Phi) is 7.58. The van der Waals surface area contributed by atoms with Gasteiger partial charge in [0.05, 0.1) is 35.7 Å². The summed E-state index contributed by atoms with van der Waals surface area (Å²) in [5, 5.41) is 5.83. The van der Waals surface area contributed by atoms with E-state index in [4.69, 9.17) is 4.74 Å². The fourth-order valence-corrected chi connectivity index (χ4v) is 3.22. The van der Waals surface area contributed by atoms with Crippen LogP contribution in [0.25, 0.3) is 0 Å². The lowest BCUT2D eigenvalue weighted by molar-refractivity contribution is 0.0952. The number of pyridine rings is 1. The third kappa shape index (κ3) is 5.77. The minimum Gasteiger partial charge on any atom is -0.378 e. The first-order valence-corrected chi connectivity index (χ1v) is 10.2. The lowest BCUT2D eigenvalue weighted by Gasteiger charge is -2.30. The van der Waals surface area contributed by atoms with Crippen LogP contribution in [0.2, 0.25) is 0 Å². The number of benzene rings is 1. The maximum absolute atomic E-state index is 12.8. The van der Waals surface area contributed by atoms with E-state index >= 15 is 0 Å². The minimum atomic E-state index is -0.293. The van der Waals surface area contributed by atoms with E-state index in [1.165, 1.54) is 12.4 Å². The molecular formula is C22H28N4O3. The number of carbonyl (C=O) groups excluding carboxylic acids is 2. The zero-order valence-electron chi connectivity index (χ0n) is 16.8. The highest BCUT2D eigenvalue weighted by atomic mass is 16.5. The number of unbranched alkanes of at least 4 members (excludes halogenated alkanes) is 2. The van der Waals surface area contributed by atoms with Gasteiger partial charge >= 0.3 is 0 Å². The van der Waals surface area contributed by atoms with Gasteiger partial charge in [0.1, 0.15) is 0 Å². The molecular weight excluding hydrogens is 368 g/mol. The third-order valence-corrected chi connectivity index (χ3v) is 4.83. The molecule has 2 aromatic rings. The molecule has 1 aromatic carbocycles. The Hall–Kier alpha value is -2.93. The molecule has 0 saturated carbocycles. The summed E-state index contributed by atoms with van der Waals surface area (Å²) < 4.78 is 5.41. The van der Waals surface area contributed by atoms with Crippen LogP contribution >= 0.6 is 0 Å². The number of hydrogen-bond donors (Lipinski definition) is 2. The molecule has 0 radical (unpaired) electrons. The highest BCUT2D eigenvalue weighted by molar-refractivity contribution is 6.07. The number of ether oxygens (including phenoxy) is 1. The van der Waals surface area contributed by atoms with Gasteiger partial charge in [0.15, 0.2) is 0 Å². The fraction of sp³-hybridized carbons (Fsp3) is 0.409. The second kappa shape index (κ2) is 10.6. The number of hydrogen-bond acceptors (Lipinski definition) is 5. The molecule has 1 aliphatic heterocycles. The van der Waals surface area contributed by atoms with E-state index in [1.54, 1.807) is 6.07 Å². The first-order valence-electron chi connectivity index (χ1n) is 10.2. The number of aromatic nitrogens is 1. The average Bonchev–Trinajstić information content (AvgIpc) is 2.77. The molecule has 7 nitrogen and oxygen atoms in total. The smallest absolute Gasteiger partial charge is 0.257 e. The zero-order chi connectivity index (χ0) is 20.5. The van der Waals surface area contributed by atoms with Crippen molar-refractivity contribution in [2.75, 3.05) is 43.1 Å². The Morgan fingerprint density at radius 1 is 1.07 bits per heavy atom. The molecule has 1 fully saturated rings. The van der Waals surface area contributed by atoms with Crippen molar-refractivity contribution in [1.29, 1.82) is 0 Å². The van der Waals surface area contributed by atoms with Gasteiger partial charge in [-0.25, -0.2) is 0 Å². The van der Waals surface area contributed by atoms with E-state index in [0.29, 0.717) is 30.9 Å². The van der Waals surface area contributed by atoms with Crippen LogP contribution in [0.3, 0.4) is 0 Å². The highest BCUT2D eigenvalue weighted by Crippen LogP contribution is 2.26. The number of carbonyl (C=O) groups is 2. The molecule has 0 spiro atoms. The largest absolute Gasteiger partial charge is 0.378 e. The van der Waals surface area contributed by atoms with Crippen LogP contribution in [0.4, 0.5) is 11.4 Å². The van der Waals surface area contributed by atoms with Crippen molar-refractivity contribution < 1.29 is 14.3 Å². The van der Waals surface area contributed by atoms with Gasteiger partial charge < -0.3 is 20.3 Å². The van der Waals surface area contributed by atoms with Gasteiger partial charge in [-0.1, -0.05) is 31.9 Å². The number of nitrogens with zero attached hydrogens (tertiary/aromatic N) is 2. The number of amides is 2. The number of para-hydroxylation sites is 2. The second-order valence-electron chi connectivity index (χ2n) is 7.00. The van der Waals surface area contributed by atoms with E-state index in [9.17, 15) is 9.59 Å². The monoisotopic (exact) mass is 396 g/mol. The molecule has 1 saturated heterocycles. The van der Waals surface area contributed by atoms with Crippen molar-refractivity contribution >= 4 is 23.2 Å². The minimum absolute atomic E-state index is 0.211. The van der Waals surface area contributed by atoms with E-state index in [0.717, 1.165) is 43.7 Å². The van der Waals surface area contributed by atoms with Crippen LogP contribution in [0.1, 0.15) is 46.9 Å². The van der Waals surface area contributed by atoms with Crippen LogP contribution in [0, 0.1) is 0 Å². The number of rotatable bonds is 8. The molecule has 2 N–H and O–H groups in total. The van der Waals surface area contributed by atoms with E-state index in [1.807, 2.05) is 24.3 Å². The van der Waals surface area contributed by atoms with Crippen molar-refractivity contribution in [3.05, 3.63) is 53.9 Å². The maximum atomic E-state index is 12.8. The zero-order valence-corrected chi connectivity index (χ0v) is 16.8. The molecule has 0 aliphatic carbocycles. The number of nitrogens with one attached hydrogen (secondary N) is 2. The van der Waals surface area contributed by atoms with Crippen molar-refractivity contribution in [2.45, 2.75) is 26.2 Å². The number of anilines is 2. The summed E-state index contributed by atoms with van der Waals surface area (Å²) in [5.74, 6) is -0.504. The molecule has 2 amide bonds. The molecule has 0 bridgehead atoms. The summed E-state index contributed by atoms with van der Waals surface area (Å²) in [4.78, 5) is 31.4. The molecule has 1 aliphatic rings. The lowest BCUT2D eigenvalue weighted by atomic mass is 10.1. The van der Waals surface area contributed by atoms with Crippen LogP contribution in [-0.4, -0.2) is 49.6 Å². The van der Waals surface area contributed by atoms with E-state index < -0.39 is 0 Å². The quantitative estimate of drug-likeness (QED) is 0.670. The molecule has 3 rings (SSSR count). The summed E-state index contributed by atoms with van der Waals surface area (Å²) in [6.45, 7) is 5.63. The Morgan fingerprint density at radius 3 is 2.55 bits per heavy atom. The molecule has 154 valence electrons. The summed E-state index contributed by atoms with van der Waals surface area (Å²) in [6.07, 6.45) is 6.06. The fourth-order valence-electron chi connectivity index (χ4n) is 3.22. The summed E-state index contributed by atoms with van der Waals surface area (Å²) in [5.41, 5.74) is 2.43. The second-order valence-corrected chi connectivity index (χ2v) is 7.00. The van der Waals surface area contributed by atoms with Gasteiger partial charge in [-0.3, -0.25) is 14.6 Å². The van der Waals surface area contributed by atoms with Gasteiger partial charge in [-0.2, -0.15) is 0 Å². The molecule has 0 atom stereocenters. The van der Waals surface area contributed by atoms with Crippen molar-refractivity contribution in [1.82, 2.24) is 10.3 Å². The SMILES string of the molecule is CCCCCNC(=O)c1cncc(C(=O)Nc2ccccc2N2CCOCC2)c1. The van der Waals surface area contributed by atoms with Crippen LogP contribution in [0.15, 0.2) is 42.7 Å². The average molecular weight is 396 g/mol. The Morgan fingerprint density at radius 2 is 1.79 bits per heavy atom. The van der Waals surface area contributed by atoms with Gasteiger partial charge in [0, 0.05) is 32.0 Å². The van der Waals surface area contributed by atoms with Crippen LogP contribution < -0.4 is 15.5 Å². The Bertz CT molecular complexity index is 834. The maximum Gasteiger partial charge on any atom is 0.257 e. The van der Waals surface area contributed by atoms with E-state index in [2.05, 4.69) is 27.4 Å². The Labute approximate surface area is 171 Å².